The van der Waals surface area contributed by atoms with Gasteiger partial charge in [-0.2, -0.15) is 0 Å². The standard InChI is InChI=1S/C13H18N2O3/c1-8-4-5-9(2)11(6-8)15-13(18)14-10(3)7-12(16)17/h4-6,10H,7H2,1-3H3,(H,16,17)(H2,14,15,18). The Morgan fingerprint density at radius 3 is 2.61 bits per heavy atom. The number of urea groups is 1. The van der Waals surface area contributed by atoms with Gasteiger partial charge in [0.05, 0.1) is 6.42 Å². The highest BCUT2D eigenvalue weighted by Crippen LogP contribution is 2.16. The van der Waals surface area contributed by atoms with Gasteiger partial charge in [-0.3, -0.25) is 4.79 Å². The molecule has 98 valence electrons. The van der Waals surface area contributed by atoms with Crippen LogP contribution >= 0.6 is 0 Å². The predicted octanol–water partition coefficient (Wildman–Crippen LogP) is 2.29. The lowest BCUT2D eigenvalue weighted by atomic mass is 10.1. The number of benzene rings is 1. The van der Waals surface area contributed by atoms with Gasteiger partial charge in [0, 0.05) is 11.7 Å². The zero-order chi connectivity index (χ0) is 13.7. The van der Waals surface area contributed by atoms with Crippen LogP contribution in [0.1, 0.15) is 24.5 Å². The topological polar surface area (TPSA) is 78.4 Å². The second-order valence-corrected chi connectivity index (χ2v) is 4.42. The number of carboxylic acids is 1. The number of anilines is 1. The molecule has 0 heterocycles. The van der Waals surface area contributed by atoms with Crippen molar-refractivity contribution < 1.29 is 14.7 Å². The van der Waals surface area contributed by atoms with Crippen LogP contribution in [0.25, 0.3) is 0 Å². The number of carbonyl (C=O) groups excluding carboxylic acids is 1. The van der Waals surface area contributed by atoms with Crippen molar-refractivity contribution in [1.82, 2.24) is 5.32 Å². The number of hydrogen-bond acceptors (Lipinski definition) is 2. The summed E-state index contributed by atoms with van der Waals surface area (Å²) in [5.41, 5.74) is 2.74. The first-order chi connectivity index (χ1) is 8.38. The molecule has 0 aliphatic carbocycles. The molecular formula is C13H18N2O3. The Balaban J connectivity index is 2.59. The molecule has 0 saturated heterocycles. The maximum atomic E-state index is 11.7. The number of carboxylic acid groups (broad SMARTS) is 1. The number of aliphatic carboxylic acids is 1. The van der Waals surface area contributed by atoms with E-state index in [1.807, 2.05) is 32.0 Å². The van der Waals surface area contributed by atoms with E-state index in [0.717, 1.165) is 16.8 Å². The molecule has 5 nitrogen and oxygen atoms in total. The predicted molar refractivity (Wildman–Crippen MR) is 69.8 cm³/mol. The molecule has 1 atom stereocenters. The monoisotopic (exact) mass is 250 g/mol. The van der Waals surface area contributed by atoms with Crippen molar-refractivity contribution >= 4 is 17.7 Å². The van der Waals surface area contributed by atoms with E-state index in [-0.39, 0.29) is 6.42 Å². The summed E-state index contributed by atoms with van der Waals surface area (Å²) >= 11 is 0. The van der Waals surface area contributed by atoms with Crippen molar-refractivity contribution in [2.75, 3.05) is 5.32 Å². The Bertz CT molecular complexity index is 458. The first-order valence-corrected chi connectivity index (χ1v) is 5.75. The van der Waals surface area contributed by atoms with E-state index in [2.05, 4.69) is 10.6 Å². The quantitative estimate of drug-likeness (QED) is 0.767. The van der Waals surface area contributed by atoms with Gasteiger partial charge in [0.15, 0.2) is 0 Å². The Labute approximate surface area is 106 Å². The van der Waals surface area contributed by atoms with E-state index in [9.17, 15) is 9.59 Å². The summed E-state index contributed by atoms with van der Waals surface area (Å²) in [4.78, 5) is 22.1. The summed E-state index contributed by atoms with van der Waals surface area (Å²) in [5, 5.41) is 13.9. The van der Waals surface area contributed by atoms with Crippen LogP contribution in [0, 0.1) is 13.8 Å². The minimum absolute atomic E-state index is 0.0970. The molecule has 1 aromatic carbocycles. The minimum atomic E-state index is -0.936. The lowest BCUT2D eigenvalue weighted by Crippen LogP contribution is -2.37. The number of nitrogens with one attached hydrogen (secondary N) is 2. The van der Waals surface area contributed by atoms with Crippen LogP contribution < -0.4 is 10.6 Å². The maximum Gasteiger partial charge on any atom is 0.319 e. The normalized spacial score (nSPS) is 11.7. The van der Waals surface area contributed by atoms with E-state index >= 15 is 0 Å². The van der Waals surface area contributed by atoms with Crippen molar-refractivity contribution in [3.8, 4) is 0 Å². The molecule has 2 amide bonds. The van der Waals surface area contributed by atoms with Crippen LogP contribution in [0.4, 0.5) is 10.5 Å². The summed E-state index contributed by atoms with van der Waals surface area (Å²) < 4.78 is 0. The SMILES string of the molecule is Cc1ccc(C)c(NC(=O)NC(C)CC(=O)O)c1. The first-order valence-electron chi connectivity index (χ1n) is 5.75. The zero-order valence-corrected chi connectivity index (χ0v) is 10.8. The molecular weight excluding hydrogens is 232 g/mol. The third-order valence-electron chi connectivity index (χ3n) is 2.50. The molecule has 0 radical (unpaired) electrons. The van der Waals surface area contributed by atoms with Gasteiger partial charge in [0.2, 0.25) is 0 Å². The molecule has 0 aliphatic rings. The van der Waals surface area contributed by atoms with E-state index in [0.29, 0.717) is 0 Å². The van der Waals surface area contributed by atoms with E-state index in [1.54, 1.807) is 6.92 Å². The third-order valence-corrected chi connectivity index (χ3v) is 2.50. The van der Waals surface area contributed by atoms with Crippen molar-refractivity contribution in [2.45, 2.75) is 33.2 Å². The largest absolute Gasteiger partial charge is 0.481 e. The summed E-state index contributed by atoms with van der Waals surface area (Å²) in [6, 6.07) is 4.96. The molecule has 0 saturated carbocycles. The number of aryl methyl sites for hydroxylation is 2. The van der Waals surface area contributed by atoms with Gasteiger partial charge in [0.1, 0.15) is 0 Å². The molecule has 1 rings (SSSR count). The van der Waals surface area contributed by atoms with Crippen molar-refractivity contribution in [1.29, 1.82) is 0 Å². The van der Waals surface area contributed by atoms with Crippen LogP contribution in [-0.4, -0.2) is 23.1 Å². The van der Waals surface area contributed by atoms with Crippen molar-refractivity contribution in [3.05, 3.63) is 29.3 Å². The van der Waals surface area contributed by atoms with Crippen LogP contribution in [0.3, 0.4) is 0 Å². The molecule has 0 bridgehead atoms. The lowest BCUT2D eigenvalue weighted by Gasteiger charge is -2.14. The molecule has 0 aliphatic heterocycles. The first kappa shape index (κ1) is 14.0. The van der Waals surface area contributed by atoms with Crippen molar-refractivity contribution in [2.24, 2.45) is 0 Å². The smallest absolute Gasteiger partial charge is 0.319 e. The van der Waals surface area contributed by atoms with E-state index in [4.69, 9.17) is 5.11 Å². The number of hydrogen-bond donors (Lipinski definition) is 3. The third kappa shape index (κ3) is 4.45. The zero-order valence-electron chi connectivity index (χ0n) is 10.8. The fraction of sp³-hybridized carbons (Fsp3) is 0.385. The van der Waals surface area contributed by atoms with E-state index in [1.165, 1.54) is 0 Å². The molecule has 0 fully saturated rings. The van der Waals surface area contributed by atoms with Crippen LogP contribution in [-0.2, 0) is 4.79 Å². The molecule has 0 spiro atoms. The summed E-state index contributed by atoms with van der Waals surface area (Å²) in [7, 11) is 0. The maximum absolute atomic E-state index is 11.7. The van der Waals surface area contributed by atoms with Gasteiger partial charge < -0.3 is 15.7 Å². The number of carbonyl (C=O) groups is 2. The molecule has 5 heteroatoms. The minimum Gasteiger partial charge on any atom is -0.481 e. The van der Waals surface area contributed by atoms with Crippen LogP contribution in [0.2, 0.25) is 0 Å². The Morgan fingerprint density at radius 2 is 2.00 bits per heavy atom. The highest BCUT2D eigenvalue weighted by atomic mass is 16.4. The van der Waals surface area contributed by atoms with Gasteiger partial charge in [0.25, 0.3) is 0 Å². The van der Waals surface area contributed by atoms with E-state index < -0.39 is 18.0 Å². The fourth-order valence-corrected chi connectivity index (χ4v) is 1.57. The molecule has 0 aromatic heterocycles. The number of rotatable bonds is 4. The Morgan fingerprint density at radius 1 is 1.33 bits per heavy atom. The van der Waals surface area contributed by atoms with Crippen LogP contribution in [0.5, 0.6) is 0 Å². The second-order valence-electron chi connectivity index (χ2n) is 4.42. The van der Waals surface area contributed by atoms with Gasteiger partial charge in [-0.15, -0.1) is 0 Å². The highest BCUT2D eigenvalue weighted by molar-refractivity contribution is 5.90. The Hall–Kier alpha value is -2.04. The molecule has 3 N–H and O–H groups in total. The van der Waals surface area contributed by atoms with Gasteiger partial charge in [-0.1, -0.05) is 12.1 Å². The number of amides is 2. The second kappa shape index (κ2) is 6.05. The van der Waals surface area contributed by atoms with Gasteiger partial charge in [-0.05, 0) is 38.0 Å². The summed E-state index contributed by atoms with van der Waals surface area (Å²) in [6.07, 6.45) is -0.0970. The molecule has 18 heavy (non-hydrogen) atoms. The highest BCUT2D eigenvalue weighted by Gasteiger charge is 2.11. The average molecular weight is 250 g/mol. The average Bonchev–Trinajstić information content (AvgIpc) is 2.21. The van der Waals surface area contributed by atoms with Crippen LogP contribution in [0.15, 0.2) is 18.2 Å². The molecule has 1 unspecified atom stereocenters. The summed E-state index contributed by atoms with van der Waals surface area (Å²) in [6.45, 7) is 5.49. The fourth-order valence-electron chi connectivity index (χ4n) is 1.57. The lowest BCUT2D eigenvalue weighted by molar-refractivity contribution is -0.137. The van der Waals surface area contributed by atoms with Gasteiger partial charge in [-0.25, -0.2) is 4.79 Å². The Kier molecular flexibility index (Phi) is 4.71. The summed E-state index contributed by atoms with van der Waals surface area (Å²) in [5.74, 6) is -0.936. The van der Waals surface area contributed by atoms with Crippen molar-refractivity contribution in [3.63, 3.8) is 0 Å². The molecule has 1 aromatic rings. The van der Waals surface area contributed by atoms with Gasteiger partial charge >= 0.3 is 12.0 Å².